The monoisotopic (exact) mass is 528 g/mol. The standard InChI is InChI=1S/C31H36N4O2S/c1-24-12-6-7-16-27(24)23-38-31-34-33-29(35(31)21-20-25-13-4-3-5-14-25)18-10-11-19-30(36)32-22-26-15-8-9-17-28(26)37-2/h3-9,12-17H,10-11,18-23H2,1-2H3,(H,32,36). The fourth-order valence-electron chi connectivity index (χ4n) is 4.34. The van der Waals surface area contributed by atoms with Crippen LogP contribution in [0.5, 0.6) is 5.75 Å². The van der Waals surface area contributed by atoms with E-state index in [4.69, 9.17) is 4.74 Å². The van der Waals surface area contributed by atoms with Gasteiger partial charge in [0.05, 0.1) is 7.11 Å². The molecule has 0 aliphatic carbocycles. The zero-order valence-corrected chi connectivity index (χ0v) is 23.0. The number of nitrogens with one attached hydrogen (secondary N) is 1. The van der Waals surface area contributed by atoms with Gasteiger partial charge in [0.2, 0.25) is 5.91 Å². The highest BCUT2D eigenvalue weighted by Crippen LogP contribution is 2.25. The maximum atomic E-state index is 12.4. The van der Waals surface area contributed by atoms with Gasteiger partial charge in [-0.15, -0.1) is 10.2 Å². The van der Waals surface area contributed by atoms with Crippen molar-refractivity contribution in [3.05, 3.63) is 107 Å². The fourth-order valence-corrected chi connectivity index (χ4v) is 5.39. The molecule has 1 aromatic heterocycles. The van der Waals surface area contributed by atoms with E-state index in [0.29, 0.717) is 13.0 Å². The summed E-state index contributed by atoms with van der Waals surface area (Å²) in [5.74, 6) is 2.69. The fraction of sp³-hybridized carbons (Fsp3) is 0.323. The van der Waals surface area contributed by atoms with Crippen LogP contribution in [0, 0.1) is 6.92 Å². The molecule has 1 amide bonds. The molecule has 0 aliphatic heterocycles. The van der Waals surface area contributed by atoms with Crippen LogP contribution in [-0.2, 0) is 36.5 Å². The van der Waals surface area contributed by atoms with E-state index in [0.717, 1.165) is 60.3 Å². The second-order valence-corrected chi connectivity index (χ2v) is 10.2. The van der Waals surface area contributed by atoms with E-state index >= 15 is 0 Å². The third-order valence-electron chi connectivity index (χ3n) is 6.60. The maximum absolute atomic E-state index is 12.4. The molecule has 7 heteroatoms. The number of methoxy groups -OCH3 is 1. The van der Waals surface area contributed by atoms with Crippen molar-refractivity contribution in [2.75, 3.05) is 7.11 Å². The van der Waals surface area contributed by atoms with Crippen molar-refractivity contribution in [3.63, 3.8) is 0 Å². The molecule has 4 rings (SSSR count). The van der Waals surface area contributed by atoms with Gasteiger partial charge in [-0.1, -0.05) is 84.6 Å². The number of rotatable bonds is 14. The van der Waals surface area contributed by atoms with E-state index in [1.165, 1.54) is 16.7 Å². The third-order valence-corrected chi connectivity index (χ3v) is 7.62. The summed E-state index contributed by atoms with van der Waals surface area (Å²) in [5.41, 5.74) is 4.88. The van der Waals surface area contributed by atoms with Gasteiger partial charge in [0.15, 0.2) is 5.16 Å². The Labute approximate surface area is 229 Å². The van der Waals surface area contributed by atoms with Crippen molar-refractivity contribution in [2.45, 2.75) is 63.0 Å². The number of ether oxygens (including phenoxy) is 1. The third kappa shape index (κ3) is 7.96. The molecule has 3 aromatic carbocycles. The van der Waals surface area contributed by atoms with Crippen LogP contribution in [0.25, 0.3) is 0 Å². The molecule has 1 heterocycles. The van der Waals surface area contributed by atoms with Gasteiger partial charge in [-0.25, -0.2) is 0 Å². The number of para-hydroxylation sites is 1. The van der Waals surface area contributed by atoms with Crippen LogP contribution in [0.2, 0.25) is 0 Å². The Morgan fingerprint density at radius 2 is 1.63 bits per heavy atom. The van der Waals surface area contributed by atoms with Crippen LogP contribution < -0.4 is 10.1 Å². The summed E-state index contributed by atoms with van der Waals surface area (Å²) in [5, 5.41) is 13.1. The molecule has 0 bridgehead atoms. The van der Waals surface area contributed by atoms with E-state index in [-0.39, 0.29) is 5.91 Å². The van der Waals surface area contributed by atoms with Crippen LogP contribution in [-0.4, -0.2) is 27.8 Å². The maximum Gasteiger partial charge on any atom is 0.220 e. The Balaban J connectivity index is 1.31. The van der Waals surface area contributed by atoms with E-state index in [1.54, 1.807) is 18.9 Å². The number of aryl methyl sites for hydroxylation is 3. The van der Waals surface area contributed by atoms with Crippen molar-refractivity contribution in [2.24, 2.45) is 0 Å². The lowest BCUT2D eigenvalue weighted by Crippen LogP contribution is -2.22. The molecule has 38 heavy (non-hydrogen) atoms. The summed E-state index contributed by atoms with van der Waals surface area (Å²) in [4.78, 5) is 12.4. The molecule has 0 fully saturated rings. The molecule has 0 atom stereocenters. The summed E-state index contributed by atoms with van der Waals surface area (Å²) in [6.45, 7) is 3.45. The predicted octanol–water partition coefficient (Wildman–Crippen LogP) is 6.16. The average molecular weight is 529 g/mol. The molecule has 4 aromatic rings. The predicted molar refractivity (Wildman–Crippen MR) is 153 cm³/mol. The Morgan fingerprint density at radius 1 is 0.895 bits per heavy atom. The van der Waals surface area contributed by atoms with Crippen LogP contribution in [0.15, 0.2) is 84.0 Å². The molecular formula is C31H36N4O2S. The number of hydrogen-bond acceptors (Lipinski definition) is 5. The molecule has 0 radical (unpaired) electrons. The first-order valence-electron chi connectivity index (χ1n) is 13.2. The number of nitrogens with zero attached hydrogens (tertiary/aromatic N) is 3. The number of unbranched alkanes of at least 4 members (excludes halogenated alkanes) is 1. The molecule has 0 saturated heterocycles. The number of carbonyl (C=O) groups is 1. The number of amides is 1. The lowest BCUT2D eigenvalue weighted by Gasteiger charge is -2.11. The zero-order valence-electron chi connectivity index (χ0n) is 22.2. The van der Waals surface area contributed by atoms with Crippen LogP contribution in [0.1, 0.15) is 47.3 Å². The van der Waals surface area contributed by atoms with Gasteiger partial charge >= 0.3 is 0 Å². The molecular weight excluding hydrogens is 492 g/mol. The molecule has 0 saturated carbocycles. The van der Waals surface area contributed by atoms with Crippen LogP contribution >= 0.6 is 11.8 Å². The van der Waals surface area contributed by atoms with Gasteiger partial charge in [-0.2, -0.15) is 0 Å². The van der Waals surface area contributed by atoms with E-state index < -0.39 is 0 Å². The number of thioether (sulfide) groups is 1. The first-order valence-corrected chi connectivity index (χ1v) is 14.1. The number of benzene rings is 3. The quantitative estimate of drug-likeness (QED) is 0.157. The Kier molecular flexibility index (Phi) is 10.4. The normalized spacial score (nSPS) is 10.9. The Bertz CT molecular complexity index is 1310. The SMILES string of the molecule is COc1ccccc1CNC(=O)CCCCc1nnc(SCc2ccccc2C)n1CCc1ccccc1. The van der Waals surface area contributed by atoms with Crippen molar-refractivity contribution in [1.82, 2.24) is 20.1 Å². The van der Waals surface area contributed by atoms with Gasteiger partial charge < -0.3 is 14.6 Å². The molecule has 0 spiro atoms. The highest BCUT2D eigenvalue weighted by molar-refractivity contribution is 7.98. The number of aromatic nitrogens is 3. The van der Waals surface area contributed by atoms with Gasteiger partial charge in [-0.3, -0.25) is 4.79 Å². The second-order valence-electron chi connectivity index (χ2n) is 9.30. The van der Waals surface area contributed by atoms with Crippen molar-refractivity contribution >= 4 is 17.7 Å². The average Bonchev–Trinajstić information content (AvgIpc) is 3.34. The topological polar surface area (TPSA) is 69.0 Å². The van der Waals surface area contributed by atoms with Crippen LogP contribution in [0.4, 0.5) is 0 Å². The number of hydrogen-bond donors (Lipinski definition) is 1. The van der Waals surface area contributed by atoms with Gasteiger partial charge in [0.1, 0.15) is 11.6 Å². The summed E-state index contributed by atoms with van der Waals surface area (Å²) in [6.07, 6.45) is 3.90. The first kappa shape index (κ1) is 27.5. The smallest absolute Gasteiger partial charge is 0.220 e. The highest BCUT2D eigenvalue weighted by Gasteiger charge is 2.14. The molecule has 198 valence electrons. The van der Waals surface area contributed by atoms with Gasteiger partial charge in [0, 0.05) is 37.2 Å². The zero-order chi connectivity index (χ0) is 26.6. The van der Waals surface area contributed by atoms with Gasteiger partial charge in [0.25, 0.3) is 0 Å². The summed E-state index contributed by atoms with van der Waals surface area (Å²) >= 11 is 1.74. The molecule has 0 aliphatic rings. The largest absolute Gasteiger partial charge is 0.496 e. The van der Waals surface area contributed by atoms with Crippen molar-refractivity contribution in [3.8, 4) is 5.75 Å². The Hall–Kier alpha value is -3.58. The second kappa shape index (κ2) is 14.4. The van der Waals surface area contributed by atoms with E-state index in [9.17, 15) is 4.79 Å². The summed E-state index contributed by atoms with van der Waals surface area (Å²) in [6, 6.07) is 26.8. The molecule has 1 N–H and O–H groups in total. The minimum atomic E-state index is 0.0518. The highest BCUT2D eigenvalue weighted by atomic mass is 32.2. The molecule has 0 unspecified atom stereocenters. The van der Waals surface area contributed by atoms with E-state index in [2.05, 4.69) is 75.5 Å². The Morgan fingerprint density at radius 3 is 2.42 bits per heavy atom. The van der Waals surface area contributed by atoms with Crippen molar-refractivity contribution in [1.29, 1.82) is 0 Å². The van der Waals surface area contributed by atoms with E-state index in [1.807, 2.05) is 30.3 Å². The summed E-state index contributed by atoms with van der Waals surface area (Å²) < 4.78 is 7.63. The van der Waals surface area contributed by atoms with Gasteiger partial charge in [-0.05, 0) is 48.9 Å². The molecule has 6 nitrogen and oxygen atoms in total. The van der Waals surface area contributed by atoms with Crippen molar-refractivity contribution < 1.29 is 9.53 Å². The summed E-state index contributed by atoms with van der Waals surface area (Å²) in [7, 11) is 1.64. The minimum absolute atomic E-state index is 0.0518. The van der Waals surface area contributed by atoms with Crippen LogP contribution in [0.3, 0.4) is 0 Å². The lowest BCUT2D eigenvalue weighted by molar-refractivity contribution is -0.121. The lowest BCUT2D eigenvalue weighted by atomic mass is 10.1. The minimum Gasteiger partial charge on any atom is -0.496 e. The number of carbonyl (C=O) groups excluding carboxylic acids is 1. The first-order chi connectivity index (χ1) is 18.6.